The van der Waals surface area contributed by atoms with Gasteiger partial charge in [-0.15, -0.1) is 0 Å². The molecule has 2 unspecified atom stereocenters. The number of aliphatic carboxylic acids is 1. The number of rotatable bonds is 12. The number of carbonyl (C=O) groups excluding carboxylic acids is 1. The van der Waals surface area contributed by atoms with Crippen molar-refractivity contribution < 1.29 is 29.3 Å². The Balaban J connectivity index is 0.00000323. The summed E-state index contributed by atoms with van der Waals surface area (Å²) in [4.78, 5) is 25.0. The average molecular weight is 591 g/mol. The van der Waals surface area contributed by atoms with Crippen LogP contribution in [-0.4, -0.2) is 44.0 Å². The molecule has 230 valence electrons. The fourth-order valence-corrected chi connectivity index (χ4v) is 5.20. The Morgan fingerprint density at radius 2 is 1.42 bits per heavy atom. The summed E-state index contributed by atoms with van der Waals surface area (Å²) >= 11 is 0. The Morgan fingerprint density at radius 3 is 1.98 bits per heavy atom. The number of aliphatic hydroxyl groups is 2. The van der Waals surface area contributed by atoms with Crippen LogP contribution in [0.25, 0.3) is 22.4 Å². The van der Waals surface area contributed by atoms with E-state index in [0.717, 1.165) is 11.3 Å². The van der Waals surface area contributed by atoms with E-state index >= 15 is 0 Å². The monoisotopic (exact) mass is 590 g/mol. The number of hydrogen-bond acceptors (Lipinski definition) is 4. The number of benzene rings is 3. The van der Waals surface area contributed by atoms with Crippen LogP contribution in [0.15, 0.2) is 84.9 Å². The highest BCUT2D eigenvalue weighted by Gasteiger charge is 2.31. The first-order chi connectivity index (χ1) is 19.7. The molecule has 1 amide bonds. The van der Waals surface area contributed by atoms with Gasteiger partial charge in [0.05, 0.1) is 29.9 Å². The smallest absolute Gasteiger partial charge is 0.305 e. The molecule has 0 fully saturated rings. The van der Waals surface area contributed by atoms with Gasteiger partial charge in [0.25, 0.3) is 5.91 Å². The summed E-state index contributed by atoms with van der Waals surface area (Å²) in [7, 11) is 0. The summed E-state index contributed by atoms with van der Waals surface area (Å²) in [6, 6.07) is 24.8. The van der Waals surface area contributed by atoms with Crippen molar-refractivity contribution in [1.29, 1.82) is 0 Å². The maximum atomic E-state index is 14.0. The summed E-state index contributed by atoms with van der Waals surface area (Å²) in [5.74, 6) is -1.93. The molecule has 0 aliphatic heterocycles. The van der Waals surface area contributed by atoms with Crippen LogP contribution in [0.5, 0.6) is 0 Å². The molecule has 1 aromatic heterocycles. The van der Waals surface area contributed by atoms with Gasteiger partial charge in [0.2, 0.25) is 0 Å². The van der Waals surface area contributed by atoms with E-state index in [9.17, 15) is 24.2 Å². The number of nitrogens with zero attached hydrogens (tertiary/aromatic N) is 1. The van der Waals surface area contributed by atoms with Crippen molar-refractivity contribution in [3.8, 4) is 22.4 Å². The number of hydrogen-bond donors (Lipinski definition) is 4. The van der Waals surface area contributed by atoms with Gasteiger partial charge in [-0.25, -0.2) is 4.39 Å². The zero-order valence-electron chi connectivity index (χ0n) is 23.1. The lowest BCUT2D eigenvalue weighted by Gasteiger charge is -2.20. The predicted molar refractivity (Wildman–Crippen MR) is 171 cm³/mol. The third-order valence-corrected chi connectivity index (χ3v) is 6.93. The number of nitrogens with one attached hydrogen (secondary N) is 1. The minimum atomic E-state index is -1.18. The van der Waals surface area contributed by atoms with Gasteiger partial charge in [-0.05, 0) is 66.3 Å². The summed E-state index contributed by atoms with van der Waals surface area (Å²) in [6.07, 6.45) is -2.51. The van der Waals surface area contributed by atoms with Gasteiger partial charge in [-0.1, -0.05) is 77.2 Å². The minimum absolute atomic E-state index is 0. The quantitative estimate of drug-likeness (QED) is 0.136. The van der Waals surface area contributed by atoms with Crippen molar-refractivity contribution in [2.24, 2.45) is 0 Å². The zero-order chi connectivity index (χ0) is 29.5. The second-order valence-corrected chi connectivity index (χ2v) is 10.4. The first-order valence-corrected chi connectivity index (χ1v) is 13.7. The van der Waals surface area contributed by atoms with Crippen LogP contribution in [0.4, 0.5) is 10.1 Å². The summed E-state index contributed by atoms with van der Waals surface area (Å²) < 4.78 is 16.0. The van der Waals surface area contributed by atoms with E-state index in [4.69, 9.17) is 5.11 Å². The lowest BCUT2D eigenvalue weighted by Crippen LogP contribution is -2.22. The molecular weight excluding hydrogens is 547 g/mol. The van der Waals surface area contributed by atoms with Crippen LogP contribution < -0.4 is 5.32 Å². The molecule has 4 aromatic rings. The highest BCUT2D eigenvalue weighted by Crippen LogP contribution is 2.42. The highest BCUT2D eigenvalue weighted by molar-refractivity contribution is 6.12. The fourth-order valence-electron chi connectivity index (χ4n) is 5.20. The molecule has 2 atom stereocenters. The molecule has 0 bridgehead atoms. The molecule has 0 saturated heterocycles. The number of carbonyl (C=O) groups is 2. The lowest BCUT2D eigenvalue weighted by atomic mass is 9.94. The summed E-state index contributed by atoms with van der Waals surface area (Å²) in [5.41, 5.74) is 4.77. The number of halogens is 1. The first-order valence-electron chi connectivity index (χ1n) is 13.7. The Morgan fingerprint density at radius 1 is 0.837 bits per heavy atom. The molecule has 0 aliphatic carbocycles. The highest BCUT2D eigenvalue weighted by atomic mass is 19.1. The summed E-state index contributed by atoms with van der Waals surface area (Å²) in [6.45, 7) is 4.25. The minimum Gasteiger partial charge on any atom is -0.481 e. The molecule has 0 radical (unpaired) electrons. The predicted octanol–water partition coefficient (Wildman–Crippen LogP) is 7.59. The number of aromatic nitrogens is 1. The molecule has 7 nitrogen and oxygen atoms in total. The third kappa shape index (κ3) is 8.63. The Kier molecular flexibility index (Phi) is 12.8. The van der Waals surface area contributed by atoms with Gasteiger partial charge in [-0.2, -0.15) is 0 Å². The van der Waals surface area contributed by atoms with E-state index in [1.165, 1.54) is 12.1 Å². The van der Waals surface area contributed by atoms with Crippen LogP contribution in [0.3, 0.4) is 0 Å². The van der Waals surface area contributed by atoms with Crippen molar-refractivity contribution >= 4 is 17.6 Å². The first kappa shape index (κ1) is 34.9. The summed E-state index contributed by atoms with van der Waals surface area (Å²) in [5, 5.41) is 32.8. The molecular formula is C35H43FN2O5. The molecule has 4 N–H and O–H groups in total. The lowest BCUT2D eigenvalue weighted by molar-refractivity contribution is -0.139. The van der Waals surface area contributed by atoms with Crippen molar-refractivity contribution in [1.82, 2.24) is 4.57 Å². The van der Waals surface area contributed by atoms with E-state index in [-0.39, 0.29) is 51.9 Å². The van der Waals surface area contributed by atoms with E-state index in [1.54, 1.807) is 12.1 Å². The maximum Gasteiger partial charge on any atom is 0.305 e. The number of aliphatic hydroxyl groups excluding tert-OH is 2. The number of carboxylic acid groups (broad SMARTS) is 1. The van der Waals surface area contributed by atoms with Crippen LogP contribution in [0, 0.1) is 5.82 Å². The number of amides is 1. The van der Waals surface area contributed by atoms with E-state index in [2.05, 4.69) is 5.32 Å². The van der Waals surface area contributed by atoms with Gasteiger partial charge in [0, 0.05) is 23.5 Å². The van der Waals surface area contributed by atoms with Crippen LogP contribution in [0.1, 0.15) is 69.9 Å². The third-order valence-electron chi connectivity index (χ3n) is 6.93. The van der Waals surface area contributed by atoms with E-state index in [1.807, 2.05) is 79.1 Å². The van der Waals surface area contributed by atoms with Crippen molar-refractivity contribution in [3.63, 3.8) is 0 Å². The van der Waals surface area contributed by atoms with Gasteiger partial charge >= 0.3 is 5.97 Å². The molecule has 0 saturated carbocycles. The van der Waals surface area contributed by atoms with Crippen molar-refractivity contribution in [2.75, 3.05) is 5.32 Å². The normalized spacial score (nSPS) is 12.1. The molecule has 4 rings (SSSR count). The molecule has 43 heavy (non-hydrogen) atoms. The number of carboxylic acids is 1. The number of anilines is 1. The number of para-hydroxylation sites is 1. The fraction of sp³-hybridized carbons (Fsp3) is 0.314. The topological polar surface area (TPSA) is 112 Å². The van der Waals surface area contributed by atoms with E-state index < -0.39 is 24.6 Å². The molecule has 0 aliphatic rings. The Bertz CT molecular complexity index is 1470. The van der Waals surface area contributed by atoms with Gasteiger partial charge in [0.15, 0.2) is 0 Å². The SMILES string of the molecule is C.C.CC(C)c1c(C(=O)Nc2ccccc2)c(-c2ccccc2)c(-c2ccc(F)cc2)n1CCC(O)CC(O)CC(=O)O. The maximum absolute atomic E-state index is 14.0. The van der Waals surface area contributed by atoms with Crippen LogP contribution in [0.2, 0.25) is 0 Å². The van der Waals surface area contributed by atoms with Gasteiger partial charge in [0.1, 0.15) is 5.82 Å². The van der Waals surface area contributed by atoms with Crippen molar-refractivity contribution in [2.45, 2.75) is 72.6 Å². The van der Waals surface area contributed by atoms with E-state index in [0.29, 0.717) is 28.1 Å². The standard InChI is InChI=1S/C33H35FN2O5.2CH4/c1-21(2)31-30(33(41)35-25-11-7-4-8-12-25)29(22-9-5-3-6-10-22)32(23-13-15-24(34)16-14-23)36(31)18-17-26(37)19-27(38)20-28(39)40;;/h3-16,21,26-27,37-38H,17-20H2,1-2H3,(H,35,41)(H,39,40);2*1H4. The van der Waals surface area contributed by atoms with Crippen LogP contribution in [-0.2, 0) is 11.3 Å². The van der Waals surface area contributed by atoms with Crippen molar-refractivity contribution in [3.05, 3.63) is 102 Å². The average Bonchev–Trinajstić information content (AvgIpc) is 3.28. The second-order valence-electron chi connectivity index (χ2n) is 10.4. The second kappa shape index (κ2) is 15.8. The molecule has 3 aromatic carbocycles. The molecule has 8 heteroatoms. The Hall–Kier alpha value is -4.27. The van der Waals surface area contributed by atoms with Gasteiger partial charge < -0.3 is 25.2 Å². The Labute approximate surface area is 253 Å². The van der Waals surface area contributed by atoms with Gasteiger partial charge in [-0.3, -0.25) is 9.59 Å². The zero-order valence-corrected chi connectivity index (χ0v) is 23.1. The van der Waals surface area contributed by atoms with Crippen LogP contribution >= 0.6 is 0 Å². The largest absolute Gasteiger partial charge is 0.481 e. The molecule has 1 heterocycles. The molecule has 0 spiro atoms.